The van der Waals surface area contributed by atoms with Crippen molar-refractivity contribution in [1.29, 1.82) is 0 Å². The number of ether oxygens (including phenoxy) is 1. The molecule has 4 rings (SSSR count). The van der Waals surface area contributed by atoms with Crippen molar-refractivity contribution in [3.05, 3.63) is 53.8 Å². The molecule has 0 unspecified atom stereocenters. The highest BCUT2D eigenvalue weighted by atomic mass is 19.1. The van der Waals surface area contributed by atoms with Gasteiger partial charge in [-0.15, -0.1) is 0 Å². The Bertz CT molecular complexity index is 1020. The number of hydrogen-bond donors (Lipinski definition) is 2. The van der Waals surface area contributed by atoms with Gasteiger partial charge in [0, 0.05) is 44.8 Å². The molecule has 2 saturated heterocycles. The average molecular weight is 456 g/mol. The first-order valence-electron chi connectivity index (χ1n) is 11.2. The van der Waals surface area contributed by atoms with Crippen molar-refractivity contribution in [2.45, 2.75) is 32.4 Å². The summed E-state index contributed by atoms with van der Waals surface area (Å²) in [7, 11) is 0. The van der Waals surface area contributed by atoms with E-state index in [0.717, 1.165) is 11.3 Å². The maximum Gasteiger partial charge on any atom is 0.414 e. The van der Waals surface area contributed by atoms with Crippen LogP contribution >= 0.6 is 0 Å². The summed E-state index contributed by atoms with van der Waals surface area (Å²) in [6, 6.07) is 12.6. The average Bonchev–Trinajstić information content (AvgIpc) is 2.99. The molecule has 0 saturated carbocycles. The quantitative estimate of drug-likeness (QED) is 0.621. The fourth-order valence-electron chi connectivity index (χ4n) is 4.23. The molecule has 1 atom stereocenters. The van der Waals surface area contributed by atoms with Crippen LogP contribution in [0.15, 0.2) is 42.5 Å². The number of hydrogen-bond acceptors (Lipinski definition) is 7. The van der Waals surface area contributed by atoms with E-state index in [4.69, 9.17) is 10.5 Å². The molecule has 0 aromatic heterocycles. The van der Waals surface area contributed by atoms with Crippen molar-refractivity contribution in [3.63, 3.8) is 0 Å². The number of Topliss-reactive ketones (excluding diaryl/α,β-unsaturated/α-hetero) is 1. The zero-order chi connectivity index (χ0) is 23.4. The van der Waals surface area contributed by atoms with E-state index in [1.807, 2.05) is 29.2 Å². The van der Waals surface area contributed by atoms with Gasteiger partial charge >= 0.3 is 6.09 Å². The molecule has 0 radical (unpaired) electrons. The van der Waals surface area contributed by atoms with Crippen LogP contribution in [0, 0.1) is 5.82 Å². The molecule has 2 aromatic carbocycles. The van der Waals surface area contributed by atoms with Crippen LogP contribution in [0.3, 0.4) is 0 Å². The predicted molar refractivity (Wildman–Crippen MR) is 125 cm³/mol. The number of carbonyl (C=O) groups excluding carboxylic acids is 2. The molecule has 3 N–H and O–H groups in total. The van der Waals surface area contributed by atoms with Gasteiger partial charge in [-0.25, -0.2) is 14.2 Å². The number of halogens is 1. The number of nitrogens with one attached hydrogen (secondary N) is 1. The van der Waals surface area contributed by atoms with Crippen molar-refractivity contribution < 1.29 is 18.7 Å². The second-order valence-corrected chi connectivity index (χ2v) is 8.55. The zero-order valence-corrected chi connectivity index (χ0v) is 18.8. The van der Waals surface area contributed by atoms with Gasteiger partial charge in [0.25, 0.3) is 0 Å². The van der Waals surface area contributed by atoms with Crippen molar-refractivity contribution >= 4 is 28.9 Å². The fraction of sp³-hybridized carbons (Fsp3) is 0.417. The SMILES string of the molecule is CC(=O)CC[C@H]1CN(c2ccc(N3CCNN(Cc4cccc(N)c4)CC3)c(F)c2)C(=O)O1. The smallest absolute Gasteiger partial charge is 0.414 e. The van der Waals surface area contributed by atoms with Crippen LogP contribution in [-0.2, 0) is 16.1 Å². The number of amides is 1. The number of ketones is 1. The Morgan fingerprint density at radius 1 is 1.21 bits per heavy atom. The summed E-state index contributed by atoms with van der Waals surface area (Å²) in [5, 5.41) is 2.11. The van der Waals surface area contributed by atoms with Crippen LogP contribution in [0.4, 0.5) is 26.2 Å². The van der Waals surface area contributed by atoms with Gasteiger partial charge in [-0.3, -0.25) is 10.3 Å². The monoisotopic (exact) mass is 455 g/mol. The second kappa shape index (κ2) is 10.2. The van der Waals surface area contributed by atoms with Gasteiger partial charge in [0.2, 0.25) is 0 Å². The van der Waals surface area contributed by atoms with Crippen molar-refractivity contribution in [1.82, 2.24) is 10.4 Å². The molecule has 8 nitrogen and oxygen atoms in total. The molecular weight excluding hydrogens is 425 g/mol. The van der Waals surface area contributed by atoms with E-state index in [2.05, 4.69) is 10.4 Å². The van der Waals surface area contributed by atoms with Crippen LogP contribution in [-0.4, -0.2) is 55.7 Å². The Balaban J connectivity index is 1.38. The molecule has 2 aliphatic rings. The molecule has 2 heterocycles. The molecule has 0 aliphatic carbocycles. The van der Waals surface area contributed by atoms with E-state index in [1.165, 1.54) is 17.9 Å². The number of benzene rings is 2. The van der Waals surface area contributed by atoms with E-state index < -0.39 is 6.09 Å². The van der Waals surface area contributed by atoms with Crippen molar-refractivity contribution in [2.75, 3.05) is 48.3 Å². The Morgan fingerprint density at radius 3 is 2.82 bits per heavy atom. The first kappa shape index (κ1) is 23.0. The van der Waals surface area contributed by atoms with E-state index in [0.29, 0.717) is 63.5 Å². The molecule has 2 fully saturated rings. The standard InChI is InChI=1S/C24H30FN5O3/c1-17(31)5-7-21-16-30(24(32)33-21)20-6-8-23(22(25)14-20)28-10-9-27-29(12-11-28)15-18-3-2-4-19(26)13-18/h2-4,6,8,13-14,21,27H,5,7,9-12,15-16,26H2,1H3/t21-/m0/s1. The van der Waals surface area contributed by atoms with Gasteiger partial charge in [-0.1, -0.05) is 12.1 Å². The molecule has 0 spiro atoms. The maximum absolute atomic E-state index is 15.1. The summed E-state index contributed by atoms with van der Waals surface area (Å²) < 4.78 is 20.4. The number of nitrogens with two attached hydrogens (primary N) is 1. The number of anilines is 3. The lowest BCUT2D eigenvalue weighted by Crippen LogP contribution is -2.38. The van der Waals surface area contributed by atoms with E-state index in [-0.39, 0.29) is 17.7 Å². The Kier molecular flexibility index (Phi) is 7.10. The number of nitrogen functional groups attached to an aromatic ring is 1. The lowest BCUT2D eigenvalue weighted by atomic mass is 10.1. The normalized spacial score (nSPS) is 19.5. The second-order valence-electron chi connectivity index (χ2n) is 8.55. The highest BCUT2D eigenvalue weighted by Crippen LogP contribution is 2.29. The van der Waals surface area contributed by atoms with E-state index in [1.54, 1.807) is 12.1 Å². The molecule has 176 valence electrons. The van der Waals surface area contributed by atoms with Crippen LogP contribution in [0.1, 0.15) is 25.3 Å². The number of rotatable bonds is 7. The third-order valence-corrected chi connectivity index (χ3v) is 5.96. The summed E-state index contributed by atoms with van der Waals surface area (Å²) >= 11 is 0. The summed E-state index contributed by atoms with van der Waals surface area (Å²) in [4.78, 5) is 26.9. The van der Waals surface area contributed by atoms with Gasteiger partial charge in [-0.2, -0.15) is 0 Å². The first-order chi connectivity index (χ1) is 15.9. The zero-order valence-electron chi connectivity index (χ0n) is 18.8. The molecule has 33 heavy (non-hydrogen) atoms. The van der Waals surface area contributed by atoms with Crippen LogP contribution < -0.4 is 21.0 Å². The van der Waals surface area contributed by atoms with Gasteiger partial charge < -0.3 is 20.2 Å². The van der Waals surface area contributed by atoms with E-state index >= 15 is 4.39 Å². The third-order valence-electron chi connectivity index (χ3n) is 5.96. The molecule has 2 aromatic rings. The minimum Gasteiger partial charge on any atom is -0.444 e. The predicted octanol–water partition coefficient (Wildman–Crippen LogP) is 2.93. The summed E-state index contributed by atoms with van der Waals surface area (Å²) in [6.07, 6.45) is -0.0273. The number of hydrazine groups is 1. The lowest BCUT2D eigenvalue weighted by Gasteiger charge is -2.24. The highest BCUT2D eigenvalue weighted by molar-refractivity contribution is 5.90. The van der Waals surface area contributed by atoms with Crippen LogP contribution in [0.5, 0.6) is 0 Å². The summed E-state index contributed by atoms with van der Waals surface area (Å²) in [6.45, 7) is 5.25. The van der Waals surface area contributed by atoms with Crippen molar-refractivity contribution in [3.8, 4) is 0 Å². The topological polar surface area (TPSA) is 91.1 Å². The molecule has 2 aliphatic heterocycles. The van der Waals surface area contributed by atoms with Gasteiger partial charge in [0.15, 0.2) is 0 Å². The number of cyclic esters (lactones) is 1. The minimum absolute atomic E-state index is 0.0540. The summed E-state index contributed by atoms with van der Waals surface area (Å²) in [5.41, 5.74) is 12.1. The Hall–Kier alpha value is -3.17. The Labute approximate surface area is 193 Å². The molecular formula is C24H30FN5O3. The first-order valence-corrected chi connectivity index (χ1v) is 11.2. The minimum atomic E-state index is -0.508. The van der Waals surface area contributed by atoms with Crippen LogP contribution in [0.25, 0.3) is 0 Å². The van der Waals surface area contributed by atoms with Gasteiger partial charge in [0.05, 0.1) is 17.9 Å². The molecule has 1 amide bonds. The van der Waals surface area contributed by atoms with Gasteiger partial charge in [0.1, 0.15) is 17.7 Å². The number of nitrogens with zero attached hydrogens (tertiary/aromatic N) is 3. The van der Waals surface area contributed by atoms with Crippen molar-refractivity contribution in [2.24, 2.45) is 0 Å². The maximum atomic E-state index is 15.1. The highest BCUT2D eigenvalue weighted by Gasteiger charge is 2.32. The molecule has 9 heteroatoms. The van der Waals surface area contributed by atoms with Gasteiger partial charge in [-0.05, 0) is 49.2 Å². The largest absolute Gasteiger partial charge is 0.444 e. The third kappa shape index (κ3) is 5.80. The fourth-order valence-corrected chi connectivity index (χ4v) is 4.23. The lowest BCUT2D eigenvalue weighted by molar-refractivity contribution is -0.117. The van der Waals surface area contributed by atoms with Crippen LogP contribution in [0.2, 0.25) is 0 Å². The van der Waals surface area contributed by atoms with E-state index in [9.17, 15) is 9.59 Å². The molecule has 0 bridgehead atoms. The summed E-state index contributed by atoms with van der Waals surface area (Å²) in [5.74, 6) is -0.324. The number of carbonyl (C=O) groups is 2. The Morgan fingerprint density at radius 2 is 2.06 bits per heavy atom.